The number of benzene rings is 1. The van der Waals surface area contributed by atoms with E-state index in [0.717, 1.165) is 5.69 Å². The molecule has 6 heteroatoms. The van der Waals surface area contributed by atoms with E-state index < -0.39 is 0 Å². The molecule has 1 aromatic heterocycles. The lowest BCUT2D eigenvalue weighted by Gasteiger charge is -2.13. The summed E-state index contributed by atoms with van der Waals surface area (Å²) in [5, 5.41) is 6.39. The number of aromatic nitrogens is 2. The van der Waals surface area contributed by atoms with Gasteiger partial charge in [-0.1, -0.05) is 0 Å². The van der Waals surface area contributed by atoms with Gasteiger partial charge in [-0.2, -0.15) is 4.98 Å². The van der Waals surface area contributed by atoms with Crippen LogP contribution in [-0.2, 0) is 0 Å². The molecule has 116 valence electrons. The Morgan fingerprint density at radius 1 is 1.23 bits per heavy atom. The number of halogens is 2. The first-order chi connectivity index (χ1) is 10.5. The lowest BCUT2D eigenvalue weighted by Crippen LogP contribution is -2.14. The summed E-state index contributed by atoms with van der Waals surface area (Å²) in [5.41, 5.74) is 1.70. The predicted molar refractivity (Wildman–Crippen MR) is 90.1 cm³/mol. The second-order valence-corrected chi connectivity index (χ2v) is 6.68. The van der Waals surface area contributed by atoms with Crippen molar-refractivity contribution in [3.63, 3.8) is 0 Å². The van der Waals surface area contributed by atoms with Gasteiger partial charge in [0, 0.05) is 23.7 Å². The maximum absolute atomic E-state index is 13.6. The third kappa shape index (κ3) is 3.74. The maximum Gasteiger partial charge on any atom is 0.225 e. The van der Waals surface area contributed by atoms with Crippen LogP contribution in [0.25, 0.3) is 0 Å². The van der Waals surface area contributed by atoms with E-state index in [9.17, 15) is 4.39 Å². The van der Waals surface area contributed by atoms with Gasteiger partial charge in [0.1, 0.15) is 11.6 Å². The molecule has 1 aromatic carbocycles. The van der Waals surface area contributed by atoms with Gasteiger partial charge in [-0.3, -0.25) is 0 Å². The molecule has 0 amide bonds. The maximum atomic E-state index is 13.6. The van der Waals surface area contributed by atoms with E-state index in [1.54, 1.807) is 6.07 Å². The summed E-state index contributed by atoms with van der Waals surface area (Å²) in [4.78, 5) is 9.03. The molecule has 0 bridgehead atoms. The number of anilines is 3. The van der Waals surface area contributed by atoms with E-state index in [1.807, 2.05) is 26.0 Å². The van der Waals surface area contributed by atoms with Gasteiger partial charge in [0.05, 0.1) is 10.2 Å². The summed E-state index contributed by atoms with van der Waals surface area (Å²) < 4.78 is 14.1. The minimum atomic E-state index is -0.304. The highest BCUT2D eigenvalue weighted by Crippen LogP contribution is 2.40. The van der Waals surface area contributed by atoms with Crippen molar-refractivity contribution in [1.29, 1.82) is 0 Å². The van der Waals surface area contributed by atoms with Gasteiger partial charge in [0.15, 0.2) is 0 Å². The zero-order valence-corrected chi connectivity index (χ0v) is 14.1. The van der Waals surface area contributed by atoms with Crippen LogP contribution in [0.15, 0.2) is 28.7 Å². The SMILES string of the molecule is CC(C)Nc1nc(Nc2ccc(Br)c(F)c2)cc(C2CC2)n1. The molecule has 0 aliphatic heterocycles. The van der Waals surface area contributed by atoms with Crippen molar-refractivity contribution in [2.75, 3.05) is 10.6 Å². The van der Waals surface area contributed by atoms with Crippen LogP contribution in [-0.4, -0.2) is 16.0 Å². The minimum Gasteiger partial charge on any atom is -0.352 e. The van der Waals surface area contributed by atoms with Crippen LogP contribution in [0, 0.1) is 5.82 Å². The zero-order chi connectivity index (χ0) is 15.7. The first-order valence-corrected chi connectivity index (χ1v) is 8.18. The molecule has 2 aromatic rings. The second-order valence-electron chi connectivity index (χ2n) is 5.83. The molecular formula is C16H18BrFN4. The third-order valence-corrected chi connectivity index (χ3v) is 3.99. The molecule has 4 nitrogen and oxygen atoms in total. The van der Waals surface area contributed by atoms with E-state index in [0.29, 0.717) is 27.8 Å². The quantitative estimate of drug-likeness (QED) is 0.798. The minimum absolute atomic E-state index is 0.257. The van der Waals surface area contributed by atoms with Crippen LogP contribution < -0.4 is 10.6 Å². The molecule has 1 aliphatic rings. The first-order valence-electron chi connectivity index (χ1n) is 7.39. The fourth-order valence-electron chi connectivity index (χ4n) is 2.16. The molecule has 1 heterocycles. The highest BCUT2D eigenvalue weighted by atomic mass is 79.9. The van der Waals surface area contributed by atoms with E-state index in [2.05, 4.69) is 36.5 Å². The van der Waals surface area contributed by atoms with Crippen molar-refractivity contribution in [3.05, 3.63) is 40.2 Å². The molecule has 0 spiro atoms. The van der Waals surface area contributed by atoms with Crippen molar-refractivity contribution in [2.24, 2.45) is 0 Å². The van der Waals surface area contributed by atoms with E-state index in [1.165, 1.54) is 18.9 Å². The highest BCUT2D eigenvalue weighted by molar-refractivity contribution is 9.10. The van der Waals surface area contributed by atoms with E-state index in [-0.39, 0.29) is 11.9 Å². The molecule has 1 saturated carbocycles. The van der Waals surface area contributed by atoms with Crippen molar-refractivity contribution >= 4 is 33.4 Å². The molecule has 1 fully saturated rings. The van der Waals surface area contributed by atoms with Gasteiger partial charge >= 0.3 is 0 Å². The normalized spacial score (nSPS) is 14.2. The molecule has 3 rings (SSSR count). The van der Waals surface area contributed by atoms with Crippen molar-refractivity contribution in [3.8, 4) is 0 Å². The standard InChI is InChI=1S/C16H18BrFN4/c1-9(2)19-16-21-14(10-3-4-10)8-15(22-16)20-11-5-6-12(17)13(18)7-11/h5-10H,3-4H2,1-2H3,(H2,19,20,21,22). The van der Waals surface area contributed by atoms with Gasteiger partial charge in [0.2, 0.25) is 5.95 Å². The molecular weight excluding hydrogens is 347 g/mol. The van der Waals surface area contributed by atoms with Crippen LogP contribution in [0.5, 0.6) is 0 Å². The Labute approximate surface area is 137 Å². The molecule has 0 radical (unpaired) electrons. The first kappa shape index (κ1) is 15.2. The average Bonchev–Trinajstić information content (AvgIpc) is 3.26. The summed E-state index contributed by atoms with van der Waals surface area (Å²) in [7, 11) is 0. The van der Waals surface area contributed by atoms with Gasteiger partial charge in [0.25, 0.3) is 0 Å². The number of rotatable bonds is 5. The van der Waals surface area contributed by atoms with Crippen molar-refractivity contribution < 1.29 is 4.39 Å². The van der Waals surface area contributed by atoms with E-state index >= 15 is 0 Å². The van der Waals surface area contributed by atoms with Crippen LogP contribution in [0.1, 0.15) is 38.3 Å². The van der Waals surface area contributed by atoms with Crippen LogP contribution >= 0.6 is 15.9 Å². The largest absolute Gasteiger partial charge is 0.352 e. The van der Waals surface area contributed by atoms with Gasteiger partial charge in [-0.05, 0) is 60.8 Å². The fourth-order valence-corrected chi connectivity index (χ4v) is 2.41. The summed E-state index contributed by atoms with van der Waals surface area (Å²) in [6.07, 6.45) is 2.34. The Hall–Kier alpha value is -1.69. The Morgan fingerprint density at radius 3 is 2.64 bits per heavy atom. The van der Waals surface area contributed by atoms with Crippen LogP contribution in [0.3, 0.4) is 0 Å². The predicted octanol–water partition coefficient (Wildman–Crippen LogP) is 4.82. The molecule has 1 aliphatic carbocycles. The smallest absolute Gasteiger partial charge is 0.225 e. The Balaban J connectivity index is 1.87. The van der Waals surface area contributed by atoms with Gasteiger partial charge in [-0.25, -0.2) is 9.37 Å². The van der Waals surface area contributed by atoms with E-state index in [4.69, 9.17) is 0 Å². The highest BCUT2D eigenvalue weighted by Gasteiger charge is 2.26. The summed E-state index contributed by atoms with van der Waals surface area (Å²) in [5.74, 6) is 1.51. The lowest BCUT2D eigenvalue weighted by atomic mass is 10.2. The Kier molecular flexibility index (Phi) is 4.29. The Bertz CT molecular complexity index is 686. The molecule has 0 saturated heterocycles. The monoisotopic (exact) mass is 364 g/mol. The average molecular weight is 365 g/mol. The summed E-state index contributed by atoms with van der Waals surface area (Å²) in [6.45, 7) is 4.09. The number of hydrogen-bond acceptors (Lipinski definition) is 4. The number of nitrogens with one attached hydrogen (secondary N) is 2. The summed E-state index contributed by atoms with van der Waals surface area (Å²) >= 11 is 3.15. The third-order valence-electron chi connectivity index (χ3n) is 3.35. The summed E-state index contributed by atoms with van der Waals surface area (Å²) in [6, 6.07) is 7.13. The van der Waals surface area contributed by atoms with Crippen molar-refractivity contribution in [1.82, 2.24) is 9.97 Å². The number of nitrogens with zero attached hydrogens (tertiary/aromatic N) is 2. The van der Waals surface area contributed by atoms with Crippen molar-refractivity contribution in [2.45, 2.75) is 38.6 Å². The van der Waals surface area contributed by atoms with Gasteiger partial charge < -0.3 is 10.6 Å². The second kappa shape index (κ2) is 6.20. The molecule has 22 heavy (non-hydrogen) atoms. The fraction of sp³-hybridized carbons (Fsp3) is 0.375. The molecule has 0 atom stereocenters. The van der Waals surface area contributed by atoms with Crippen LogP contribution in [0.2, 0.25) is 0 Å². The lowest BCUT2D eigenvalue weighted by molar-refractivity contribution is 0.622. The Morgan fingerprint density at radius 2 is 2.00 bits per heavy atom. The zero-order valence-electron chi connectivity index (χ0n) is 12.5. The molecule has 0 unspecified atom stereocenters. The topological polar surface area (TPSA) is 49.8 Å². The molecule has 2 N–H and O–H groups in total. The van der Waals surface area contributed by atoms with Crippen LogP contribution in [0.4, 0.5) is 21.8 Å². The van der Waals surface area contributed by atoms with Gasteiger partial charge in [-0.15, -0.1) is 0 Å². The number of hydrogen-bond donors (Lipinski definition) is 2.